The number of fused-ring (bicyclic) bond motifs is 5. The summed E-state index contributed by atoms with van der Waals surface area (Å²) in [5, 5.41) is 22.4. The standard InChI is InChI=1S/C26H46N2O3/c1-24-12-10-21(29)18-20(24)7-8-23-22(24)11-13-25(2)19(9-14-26(23,25)30)6-5-15-27-31-17-16-28(3)4/h5-6,19-23,27,29-30H,7-18H2,1-4H3/t19?,20?,21?,22-,23-,24+,25-,26-/m1/s1. The first-order valence-electron chi connectivity index (χ1n) is 12.8. The van der Waals surface area contributed by atoms with Gasteiger partial charge in [0.25, 0.3) is 0 Å². The molecule has 0 amide bonds. The van der Waals surface area contributed by atoms with E-state index in [2.05, 4.69) is 36.4 Å². The molecule has 0 aromatic rings. The third kappa shape index (κ3) is 4.14. The lowest BCUT2D eigenvalue weighted by atomic mass is 9.43. The van der Waals surface area contributed by atoms with E-state index in [1.165, 1.54) is 12.8 Å². The summed E-state index contributed by atoms with van der Waals surface area (Å²) in [7, 11) is 4.09. The lowest BCUT2D eigenvalue weighted by Gasteiger charge is -2.63. The number of likely N-dealkylation sites (N-methyl/N-ethyl adjacent to an activating group) is 1. The summed E-state index contributed by atoms with van der Waals surface area (Å²) in [4.78, 5) is 7.60. The van der Waals surface area contributed by atoms with Gasteiger partial charge in [-0.25, -0.2) is 0 Å². The number of aliphatic hydroxyl groups excluding tert-OH is 1. The van der Waals surface area contributed by atoms with Crippen LogP contribution in [-0.4, -0.2) is 60.6 Å². The molecule has 5 nitrogen and oxygen atoms in total. The highest BCUT2D eigenvalue weighted by Gasteiger charge is 2.66. The Morgan fingerprint density at radius 3 is 2.61 bits per heavy atom. The molecule has 4 fully saturated rings. The quantitative estimate of drug-likeness (QED) is 0.323. The third-order valence-corrected chi connectivity index (χ3v) is 10.2. The zero-order valence-electron chi connectivity index (χ0n) is 20.3. The van der Waals surface area contributed by atoms with E-state index in [9.17, 15) is 10.2 Å². The molecule has 0 aliphatic heterocycles. The van der Waals surface area contributed by atoms with Crippen LogP contribution in [0.2, 0.25) is 0 Å². The van der Waals surface area contributed by atoms with Gasteiger partial charge in [-0.15, -0.1) is 0 Å². The van der Waals surface area contributed by atoms with E-state index < -0.39 is 5.60 Å². The molecule has 3 unspecified atom stereocenters. The molecule has 8 atom stereocenters. The molecule has 3 N–H and O–H groups in total. The molecule has 0 aromatic heterocycles. The van der Waals surface area contributed by atoms with Crippen molar-refractivity contribution in [3.05, 3.63) is 12.2 Å². The molecule has 0 spiro atoms. The molecule has 0 bridgehead atoms. The molecule has 0 saturated heterocycles. The first-order valence-corrected chi connectivity index (χ1v) is 12.8. The monoisotopic (exact) mass is 434 g/mol. The van der Waals surface area contributed by atoms with E-state index in [0.29, 0.717) is 42.2 Å². The van der Waals surface area contributed by atoms with Gasteiger partial charge in [0.1, 0.15) is 0 Å². The molecule has 31 heavy (non-hydrogen) atoms. The van der Waals surface area contributed by atoms with Gasteiger partial charge in [0, 0.05) is 18.5 Å². The Kier molecular flexibility index (Phi) is 6.92. The van der Waals surface area contributed by atoms with Crippen LogP contribution in [0.15, 0.2) is 12.2 Å². The highest BCUT2D eigenvalue weighted by molar-refractivity contribution is 5.19. The van der Waals surface area contributed by atoms with Crippen molar-refractivity contribution < 1.29 is 15.1 Å². The minimum Gasteiger partial charge on any atom is -0.393 e. The summed E-state index contributed by atoms with van der Waals surface area (Å²) < 4.78 is 0. The summed E-state index contributed by atoms with van der Waals surface area (Å²) in [6.07, 6.45) is 14.2. The Bertz CT molecular complexity index is 655. The van der Waals surface area contributed by atoms with Crippen molar-refractivity contribution in [2.24, 2.45) is 34.5 Å². The second kappa shape index (κ2) is 9.06. The molecule has 5 heteroatoms. The molecule has 4 rings (SSSR count). The fraction of sp³-hybridized carbons (Fsp3) is 0.923. The van der Waals surface area contributed by atoms with Crippen LogP contribution in [0.3, 0.4) is 0 Å². The zero-order valence-corrected chi connectivity index (χ0v) is 20.3. The summed E-state index contributed by atoms with van der Waals surface area (Å²) in [6.45, 7) is 7.16. The Balaban J connectivity index is 1.40. The van der Waals surface area contributed by atoms with Crippen LogP contribution in [-0.2, 0) is 4.84 Å². The van der Waals surface area contributed by atoms with Crippen molar-refractivity contribution in [1.82, 2.24) is 10.4 Å². The SMILES string of the molecule is CN(C)CCONCC=CC1CC[C@@]2(O)[C@@H]3CCC4CC(O)CC[C@]4(C)[C@@H]3CC[C@]12C. The fourth-order valence-electron chi connectivity index (χ4n) is 8.19. The van der Waals surface area contributed by atoms with Crippen molar-refractivity contribution in [3.8, 4) is 0 Å². The number of allylic oxidation sites excluding steroid dienone is 1. The fourth-order valence-corrected chi connectivity index (χ4v) is 8.19. The lowest BCUT2D eigenvalue weighted by Crippen LogP contribution is -2.62. The predicted molar refractivity (Wildman–Crippen MR) is 124 cm³/mol. The molecular formula is C26H46N2O3. The maximum atomic E-state index is 12.2. The highest BCUT2D eigenvalue weighted by atomic mass is 16.6. The van der Waals surface area contributed by atoms with Crippen LogP contribution < -0.4 is 5.48 Å². The van der Waals surface area contributed by atoms with Gasteiger partial charge in [0.15, 0.2) is 0 Å². The summed E-state index contributed by atoms with van der Waals surface area (Å²) in [5.41, 5.74) is 2.80. The number of hydrogen-bond acceptors (Lipinski definition) is 5. The number of rotatable bonds is 7. The van der Waals surface area contributed by atoms with Crippen LogP contribution in [0.25, 0.3) is 0 Å². The number of hydroxylamine groups is 1. The van der Waals surface area contributed by atoms with Gasteiger partial charge >= 0.3 is 0 Å². The summed E-state index contributed by atoms with van der Waals surface area (Å²) in [6, 6.07) is 0. The zero-order chi connectivity index (χ0) is 22.3. The van der Waals surface area contributed by atoms with Crippen molar-refractivity contribution in [2.45, 2.75) is 83.3 Å². The van der Waals surface area contributed by atoms with E-state index in [1.54, 1.807) is 0 Å². The number of hydrogen-bond donors (Lipinski definition) is 3. The maximum Gasteiger partial charge on any atom is 0.0809 e. The van der Waals surface area contributed by atoms with Crippen LogP contribution >= 0.6 is 0 Å². The smallest absolute Gasteiger partial charge is 0.0809 e. The summed E-state index contributed by atoms with van der Waals surface area (Å²) >= 11 is 0. The van der Waals surface area contributed by atoms with Gasteiger partial charge in [-0.3, -0.25) is 0 Å². The maximum absolute atomic E-state index is 12.2. The van der Waals surface area contributed by atoms with E-state index in [0.717, 1.165) is 51.5 Å². The van der Waals surface area contributed by atoms with Gasteiger partial charge in [0.2, 0.25) is 0 Å². The van der Waals surface area contributed by atoms with Gasteiger partial charge < -0.3 is 20.0 Å². The van der Waals surface area contributed by atoms with Gasteiger partial charge in [-0.2, -0.15) is 5.48 Å². The third-order valence-electron chi connectivity index (χ3n) is 10.2. The Hall–Kier alpha value is -0.460. The lowest BCUT2D eigenvalue weighted by molar-refractivity contribution is -0.207. The first-order chi connectivity index (χ1) is 14.7. The molecule has 4 aliphatic rings. The van der Waals surface area contributed by atoms with E-state index in [1.807, 2.05) is 14.1 Å². The minimum absolute atomic E-state index is 0.0200. The molecule has 4 aliphatic carbocycles. The molecule has 4 saturated carbocycles. The van der Waals surface area contributed by atoms with E-state index in [-0.39, 0.29) is 11.5 Å². The first kappa shape index (κ1) is 23.7. The largest absolute Gasteiger partial charge is 0.393 e. The minimum atomic E-state index is -0.537. The van der Waals surface area contributed by atoms with Crippen LogP contribution in [0.1, 0.15) is 71.6 Å². The van der Waals surface area contributed by atoms with E-state index in [4.69, 9.17) is 4.84 Å². The summed E-state index contributed by atoms with van der Waals surface area (Å²) in [5.74, 6) is 2.13. The second-order valence-corrected chi connectivity index (χ2v) is 11.9. The van der Waals surface area contributed by atoms with Gasteiger partial charge in [-0.1, -0.05) is 26.0 Å². The normalized spacial score (nSPS) is 47.4. The number of nitrogens with one attached hydrogen (secondary N) is 1. The Morgan fingerprint density at radius 1 is 1.03 bits per heavy atom. The second-order valence-electron chi connectivity index (χ2n) is 11.9. The average molecular weight is 435 g/mol. The van der Waals surface area contributed by atoms with Crippen molar-refractivity contribution in [3.63, 3.8) is 0 Å². The molecule has 0 aromatic carbocycles. The predicted octanol–water partition coefficient (Wildman–Crippen LogP) is 3.76. The van der Waals surface area contributed by atoms with Crippen molar-refractivity contribution in [1.29, 1.82) is 0 Å². The van der Waals surface area contributed by atoms with Gasteiger partial charge in [0.05, 0.1) is 18.3 Å². The highest BCUT2D eigenvalue weighted by Crippen LogP contribution is 2.69. The number of nitrogens with zero attached hydrogens (tertiary/aromatic N) is 1. The molecule has 0 heterocycles. The van der Waals surface area contributed by atoms with Crippen molar-refractivity contribution in [2.75, 3.05) is 33.8 Å². The van der Waals surface area contributed by atoms with E-state index >= 15 is 0 Å². The van der Waals surface area contributed by atoms with Crippen LogP contribution in [0.5, 0.6) is 0 Å². The van der Waals surface area contributed by atoms with Crippen LogP contribution in [0.4, 0.5) is 0 Å². The molecular weight excluding hydrogens is 388 g/mol. The molecule has 0 radical (unpaired) electrons. The van der Waals surface area contributed by atoms with Gasteiger partial charge in [-0.05, 0) is 101 Å². The average Bonchev–Trinajstić information content (AvgIpc) is 2.99. The van der Waals surface area contributed by atoms with Crippen molar-refractivity contribution >= 4 is 0 Å². The van der Waals surface area contributed by atoms with Crippen LogP contribution in [0, 0.1) is 34.5 Å². The Morgan fingerprint density at radius 2 is 1.84 bits per heavy atom. The Labute approximate surface area is 189 Å². The topological polar surface area (TPSA) is 65.0 Å². The molecule has 178 valence electrons. The number of aliphatic hydroxyl groups is 2.